The topological polar surface area (TPSA) is 17.8 Å². The first-order valence-corrected chi connectivity index (χ1v) is 5.81. The maximum Gasteiger partial charge on any atom is 0.128 e. The lowest BCUT2D eigenvalue weighted by molar-refractivity contribution is 0.315. The van der Waals surface area contributed by atoms with E-state index in [-0.39, 0.29) is 5.82 Å². The van der Waals surface area contributed by atoms with Crippen molar-refractivity contribution in [1.82, 2.24) is 9.55 Å². The highest BCUT2D eigenvalue weighted by atomic mass is 19.1. The molecule has 1 saturated carbocycles. The minimum Gasteiger partial charge on any atom is -0.325 e. The standard InChI is InChI=1S/C13H15FN2/c1-8-6-12-13(7-11(8)14)16(9(2)15-12)10-4-3-5-10/h6-7,10H,3-5H2,1-2H3. The second-order valence-electron chi connectivity index (χ2n) is 4.70. The summed E-state index contributed by atoms with van der Waals surface area (Å²) in [5.41, 5.74) is 2.54. The van der Waals surface area contributed by atoms with Crippen LogP contribution in [0.2, 0.25) is 0 Å². The highest BCUT2D eigenvalue weighted by Crippen LogP contribution is 2.35. The number of benzene rings is 1. The summed E-state index contributed by atoms with van der Waals surface area (Å²) in [6.07, 6.45) is 3.67. The van der Waals surface area contributed by atoms with Crippen LogP contribution in [0.1, 0.15) is 36.7 Å². The molecule has 0 radical (unpaired) electrons. The molecular formula is C13H15FN2. The maximum absolute atomic E-state index is 13.6. The van der Waals surface area contributed by atoms with Crippen LogP contribution in [0.15, 0.2) is 12.1 Å². The van der Waals surface area contributed by atoms with Gasteiger partial charge in [-0.25, -0.2) is 9.37 Å². The molecular weight excluding hydrogens is 203 g/mol. The summed E-state index contributed by atoms with van der Waals surface area (Å²) in [5, 5.41) is 0. The quantitative estimate of drug-likeness (QED) is 0.716. The molecule has 3 rings (SSSR count). The summed E-state index contributed by atoms with van der Waals surface area (Å²) in [6.45, 7) is 3.79. The Bertz CT molecular complexity index is 553. The van der Waals surface area contributed by atoms with Crippen molar-refractivity contribution in [3.05, 3.63) is 29.3 Å². The van der Waals surface area contributed by atoms with E-state index in [1.807, 2.05) is 13.0 Å². The molecule has 1 fully saturated rings. The lowest BCUT2D eigenvalue weighted by Gasteiger charge is -2.28. The molecule has 0 saturated heterocycles. The molecule has 0 atom stereocenters. The third-order valence-corrected chi connectivity index (χ3v) is 3.59. The number of imidazole rings is 1. The Morgan fingerprint density at radius 1 is 1.31 bits per heavy atom. The summed E-state index contributed by atoms with van der Waals surface area (Å²) in [7, 11) is 0. The molecule has 1 heterocycles. The van der Waals surface area contributed by atoms with E-state index in [0.717, 1.165) is 16.9 Å². The Hall–Kier alpha value is -1.38. The van der Waals surface area contributed by atoms with Crippen LogP contribution in [0.3, 0.4) is 0 Å². The van der Waals surface area contributed by atoms with Gasteiger partial charge >= 0.3 is 0 Å². The molecule has 1 aromatic heterocycles. The van der Waals surface area contributed by atoms with Crippen LogP contribution in [0, 0.1) is 19.7 Å². The predicted molar refractivity (Wildman–Crippen MR) is 62.1 cm³/mol. The Labute approximate surface area is 94.1 Å². The molecule has 2 aromatic rings. The number of fused-ring (bicyclic) bond motifs is 1. The highest BCUT2D eigenvalue weighted by molar-refractivity contribution is 5.77. The second-order valence-corrected chi connectivity index (χ2v) is 4.70. The minimum absolute atomic E-state index is 0.132. The van der Waals surface area contributed by atoms with Crippen molar-refractivity contribution in [1.29, 1.82) is 0 Å². The van der Waals surface area contributed by atoms with Gasteiger partial charge in [0.05, 0.1) is 11.0 Å². The van der Waals surface area contributed by atoms with Crippen molar-refractivity contribution in [2.75, 3.05) is 0 Å². The lowest BCUT2D eigenvalue weighted by atomic mass is 9.92. The SMILES string of the molecule is Cc1cc2nc(C)n(C3CCC3)c2cc1F. The van der Waals surface area contributed by atoms with Crippen molar-refractivity contribution < 1.29 is 4.39 Å². The van der Waals surface area contributed by atoms with Crippen molar-refractivity contribution in [2.24, 2.45) is 0 Å². The van der Waals surface area contributed by atoms with Crippen molar-refractivity contribution in [3.63, 3.8) is 0 Å². The van der Waals surface area contributed by atoms with E-state index >= 15 is 0 Å². The number of hydrogen-bond acceptors (Lipinski definition) is 1. The van der Waals surface area contributed by atoms with Crippen LogP contribution < -0.4 is 0 Å². The van der Waals surface area contributed by atoms with Crippen LogP contribution in [0.4, 0.5) is 4.39 Å². The van der Waals surface area contributed by atoms with Gasteiger partial charge in [0.25, 0.3) is 0 Å². The fraction of sp³-hybridized carbons (Fsp3) is 0.462. The molecule has 0 unspecified atom stereocenters. The Kier molecular flexibility index (Phi) is 2.03. The van der Waals surface area contributed by atoms with Gasteiger partial charge in [-0.05, 0) is 44.7 Å². The predicted octanol–water partition coefficient (Wildman–Crippen LogP) is 3.52. The molecule has 16 heavy (non-hydrogen) atoms. The third-order valence-electron chi connectivity index (χ3n) is 3.59. The van der Waals surface area contributed by atoms with Crippen LogP contribution >= 0.6 is 0 Å². The molecule has 0 N–H and O–H groups in total. The van der Waals surface area contributed by atoms with Crippen LogP contribution in [0.25, 0.3) is 11.0 Å². The number of hydrogen-bond donors (Lipinski definition) is 0. The first kappa shape index (κ1) is 9.82. The smallest absolute Gasteiger partial charge is 0.128 e. The fourth-order valence-electron chi connectivity index (χ4n) is 2.45. The molecule has 0 aliphatic heterocycles. The third kappa shape index (κ3) is 1.27. The van der Waals surface area contributed by atoms with E-state index in [0.29, 0.717) is 11.6 Å². The van der Waals surface area contributed by atoms with E-state index in [1.54, 1.807) is 13.0 Å². The molecule has 3 heteroatoms. The van der Waals surface area contributed by atoms with Gasteiger partial charge in [0.15, 0.2) is 0 Å². The number of halogens is 1. The minimum atomic E-state index is -0.132. The summed E-state index contributed by atoms with van der Waals surface area (Å²) < 4.78 is 15.8. The molecule has 1 aliphatic rings. The summed E-state index contributed by atoms with van der Waals surface area (Å²) in [5.74, 6) is 0.873. The van der Waals surface area contributed by atoms with Gasteiger partial charge in [0.1, 0.15) is 11.6 Å². The van der Waals surface area contributed by atoms with Crippen molar-refractivity contribution in [2.45, 2.75) is 39.2 Å². The fourth-order valence-corrected chi connectivity index (χ4v) is 2.45. The molecule has 1 aromatic carbocycles. The Morgan fingerprint density at radius 3 is 2.69 bits per heavy atom. The Morgan fingerprint density at radius 2 is 2.06 bits per heavy atom. The summed E-state index contributed by atoms with van der Waals surface area (Å²) in [6, 6.07) is 4.00. The zero-order valence-corrected chi connectivity index (χ0v) is 9.63. The number of aromatic nitrogens is 2. The van der Waals surface area contributed by atoms with Crippen LogP contribution in [0.5, 0.6) is 0 Å². The molecule has 0 spiro atoms. The van der Waals surface area contributed by atoms with Gasteiger partial charge in [0.2, 0.25) is 0 Å². The maximum atomic E-state index is 13.6. The first-order valence-electron chi connectivity index (χ1n) is 5.81. The highest BCUT2D eigenvalue weighted by Gasteiger charge is 2.23. The van der Waals surface area contributed by atoms with Gasteiger partial charge in [-0.2, -0.15) is 0 Å². The van der Waals surface area contributed by atoms with Crippen LogP contribution in [-0.4, -0.2) is 9.55 Å². The molecule has 0 amide bonds. The number of rotatable bonds is 1. The van der Waals surface area contributed by atoms with Gasteiger partial charge in [-0.3, -0.25) is 0 Å². The van der Waals surface area contributed by atoms with Crippen LogP contribution in [-0.2, 0) is 0 Å². The summed E-state index contributed by atoms with van der Waals surface area (Å²) >= 11 is 0. The number of nitrogens with zero attached hydrogens (tertiary/aromatic N) is 2. The molecule has 0 bridgehead atoms. The van der Waals surface area contributed by atoms with Crippen molar-refractivity contribution >= 4 is 11.0 Å². The van der Waals surface area contributed by atoms with E-state index in [9.17, 15) is 4.39 Å². The van der Waals surface area contributed by atoms with Gasteiger partial charge in [0, 0.05) is 12.1 Å². The average Bonchev–Trinajstić information content (AvgIpc) is 2.43. The zero-order valence-electron chi connectivity index (χ0n) is 9.63. The number of aryl methyl sites for hydroxylation is 2. The van der Waals surface area contributed by atoms with E-state index < -0.39 is 0 Å². The van der Waals surface area contributed by atoms with E-state index in [1.165, 1.54) is 19.3 Å². The summed E-state index contributed by atoms with van der Waals surface area (Å²) in [4.78, 5) is 4.51. The average molecular weight is 218 g/mol. The van der Waals surface area contributed by atoms with Gasteiger partial charge in [-0.1, -0.05) is 0 Å². The first-order chi connectivity index (χ1) is 7.66. The largest absolute Gasteiger partial charge is 0.325 e. The van der Waals surface area contributed by atoms with E-state index in [2.05, 4.69) is 9.55 Å². The van der Waals surface area contributed by atoms with E-state index in [4.69, 9.17) is 0 Å². The molecule has 2 nitrogen and oxygen atoms in total. The molecule has 1 aliphatic carbocycles. The Balaban J connectivity index is 2.26. The normalized spacial score (nSPS) is 16.7. The van der Waals surface area contributed by atoms with Crippen molar-refractivity contribution in [3.8, 4) is 0 Å². The zero-order chi connectivity index (χ0) is 11.3. The van der Waals surface area contributed by atoms with Gasteiger partial charge in [-0.15, -0.1) is 0 Å². The second kappa shape index (κ2) is 3.30. The van der Waals surface area contributed by atoms with Gasteiger partial charge < -0.3 is 4.57 Å². The lowest BCUT2D eigenvalue weighted by Crippen LogP contribution is -2.18. The molecule has 84 valence electrons. The monoisotopic (exact) mass is 218 g/mol.